The molecule has 0 radical (unpaired) electrons. The molecule has 1 aliphatic rings. The zero-order chi connectivity index (χ0) is 23.9. The molecule has 2 heterocycles. The Hall–Kier alpha value is -4.21. The average molecular weight is 473 g/mol. The normalized spacial score (nSPS) is 14.8. The summed E-state index contributed by atoms with van der Waals surface area (Å²) >= 11 is 0. The van der Waals surface area contributed by atoms with Crippen LogP contribution in [0, 0.1) is 0 Å². The van der Waals surface area contributed by atoms with E-state index in [2.05, 4.69) is 15.6 Å². The third-order valence-corrected chi connectivity index (χ3v) is 6.65. The number of primary sulfonamides is 1. The smallest absolute Gasteiger partial charge is 0.260 e. The first-order chi connectivity index (χ1) is 16.3. The molecule has 170 valence electrons. The van der Waals surface area contributed by atoms with Crippen LogP contribution in [0.5, 0.6) is 0 Å². The number of nitrogens with two attached hydrogens (primary N) is 1. The van der Waals surface area contributed by atoms with E-state index in [1.807, 2.05) is 42.6 Å². The van der Waals surface area contributed by atoms with Crippen molar-refractivity contribution in [2.45, 2.75) is 11.4 Å². The number of hydrogen-bond acceptors (Lipinski definition) is 5. The lowest BCUT2D eigenvalue weighted by Gasteiger charge is -2.19. The molecule has 5 N–H and O–H groups in total. The van der Waals surface area contributed by atoms with Gasteiger partial charge in [0.2, 0.25) is 10.0 Å². The molecule has 9 heteroatoms. The summed E-state index contributed by atoms with van der Waals surface area (Å²) in [5.74, 6) is -0.934. The molecule has 0 fully saturated rings. The number of carbonyl (C=O) groups is 2. The van der Waals surface area contributed by atoms with Gasteiger partial charge in [-0.1, -0.05) is 24.3 Å². The number of sulfonamides is 1. The summed E-state index contributed by atoms with van der Waals surface area (Å²) in [6.45, 7) is 0.342. The summed E-state index contributed by atoms with van der Waals surface area (Å²) in [5, 5.41) is 11.6. The number of rotatable bonds is 5. The van der Waals surface area contributed by atoms with Crippen molar-refractivity contribution < 1.29 is 18.0 Å². The van der Waals surface area contributed by atoms with Crippen molar-refractivity contribution in [1.29, 1.82) is 0 Å². The number of fused-ring (bicyclic) bond motifs is 2. The van der Waals surface area contributed by atoms with Crippen molar-refractivity contribution in [3.8, 4) is 11.1 Å². The van der Waals surface area contributed by atoms with Gasteiger partial charge in [-0.25, -0.2) is 13.6 Å². The van der Waals surface area contributed by atoms with Gasteiger partial charge in [-0.2, -0.15) is 0 Å². The second-order valence-electron chi connectivity index (χ2n) is 7.95. The van der Waals surface area contributed by atoms with Crippen LogP contribution in [0.2, 0.25) is 0 Å². The fraction of sp³-hybridized carbons (Fsp3) is 0.0400. The van der Waals surface area contributed by atoms with Crippen LogP contribution >= 0.6 is 0 Å². The van der Waals surface area contributed by atoms with Gasteiger partial charge < -0.3 is 10.3 Å². The SMILES string of the molecule is NS(=O)(=O)c1ccc(CN/C=C2\C(=O)NC(=O)c3ccc(-c4ccc5[nH]ccc5c4)cc32)cc1. The minimum absolute atomic E-state index is 0.0269. The molecule has 3 aromatic carbocycles. The van der Waals surface area contributed by atoms with E-state index in [-0.39, 0.29) is 4.90 Å². The lowest BCUT2D eigenvalue weighted by atomic mass is 9.91. The van der Waals surface area contributed by atoms with Crippen molar-refractivity contribution in [3.63, 3.8) is 0 Å². The van der Waals surface area contributed by atoms with E-state index in [1.54, 1.807) is 24.4 Å². The van der Waals surface area contributed by atoms with Crippen LogP contribution in [0.25, 0.3) is 27.6 Å². The van der Waals surface area contributed by atoms with E-state index in [0.29, 0.717) is 23.2 Å². The number of amides is 2. The quantitative estimate of drug-likeness (QED) is 0.262. The number of imide groups is 1. The average Bonchev–Trinajstić information content (AvgIpc) is 3.28. The summed E-state index contributed by atoms with van der Waals surface area (Å²) < 4.78 is 22.8. The van der Waals surface area contributed by atoms with Crippen molar-refractivity contribution in [1.82, 2.24) is 15.6 Å². The molecule has 34 heavy (non-hydrogen) atoms. The fourth-order valence-corrected chi connectivity index (χ4v) is 4.46. The van der Waals surface area contributed by atoms with Gasteiger partial charge in [0.25, 0.3) is 11.8 Å². The van der Waals surface area contributed by atoms with E-state index in [4.69, 9.17) is 5.14 Å². The van der Waals surface area contributed by atoms with Gasteiger partial charge in [0, 0.05) is 35.6 Å². The Morgan fingerprint density at radius 2 is 1.59 bits per heavy atom. The highest BCUT2D eigenvalue weighted by molar-refractivity contribution is 7.89. The Kier molecular flexibility index (Phi) is 5.27. The van der Waals surface area contributed by atoms with E-state index >= 15 is 0 Å². The maximum absolute atomic E-state index is 12.6. The molecule has 0 aliphatic carbocycles. The number of hydrogen-bond donors (Lipinski definition) is 4. The Bertz CT molecular complexity index is 1580. The van der Waals surface area contributed by atoms with Crippen molar-refractivity contribution in [3.05, 3.63) is 95.8 Å². The third kappa shape index (κ3) is 4.09. The van der Waals surface area contributed by atoms with Crippen LogP contribution in [0.4, 0.5) is 0 Å². The highest BCUT2D eigenvalue weighted by atomic mass is 32.2. The summed E-state index contributed by atoms with van der Waals surface area (Å²) in [7, 11) is -3.76. The molecule has 0 spiro atoms. The first-order valence-corrected chi connectivity index (χ1v) is 12.0. The topological polar surface area (TPSA) is 134 Å². The van der Waals surface area contributed by atoms with Crippen LogP contribution in [-0.2, 0) is 21.4 Å². The number of benzene rings is 3. The summed E-state index contributed by atoms with van der Waals surface area (Å²) in [5.41, 5.74) is 4.96. The highest BCUT2D eigenvalue weighted by Crippen LogP contribution is 2.31. The number of H-pyrrole nitrogens is 1. The fourth-order valence-electron chi connectivity index (χ4n) is 3.95. The second kappa shape index (κ2) is 8.29. The molecule has 1 aromatic heterocycles. The van der Waals surface area contributed by atoms with Gasteiger partial charge in [-0.15, -0.1) is 0 Å². The van der Waals surface area contributed by atoms with Crippen LogP contribution in [0.3, 0.4) is 0 Å². The first kappa shape index (κ1) is 21.6. The monoisotopic (exact) mass is 472 g/mol. The molecule has 0 saturated carbocycles. The molecular weight excluding hydrogens is 452 g/mol. The molecule has 4 aromatic rings. The molecule has 0 saturated heterocycles. The lowest BCUT2D eigenvalue weighted by Crippen LogP contribution is -2.37. The second-order valence-corrected chi connectivity index (χ2v) is 9.51. The van der Waals surface area contributed by atoms with Gasteiger partial charge >= 0.3 is 0 Å². The zero-order valence-electron chi connectivity index (χ0n) is 17.8. The molecule has 5 rings (SSSR count). The largest absolute Gasteiger partial charge is 0.386 e. The highest BCUT2D eigenvalue weighted by Gasteiger charge is 2.27. The Morgan fingerprint density at radius 3 is 2.35 bits per heavy atom. The van der Waals surface area contributed by atoms with E-state index < -0.39 is 21.8 Å². The molecular formula is C25H20N4O4S. The van der Waals surface area contributed by atoms with Crippen LogP contribution < -0.4 is 15.8 Å². The lowest BCUT2D eigenvalue weighted by molar-refractivity contribution is -0.114. The predicted octanol–water partition coefficient (Wildman–Crippen LogP) is 2.88. The Labute approximate surface area is 195 Å². The Morgan fingerprint density at radius 1 is 0.853 bits per heavy atom. The van der Waals surface area contributed by atoms with Gasteiger partial charge in [0.1, 0.15) is 0 Å². The van der Waals surface area contributed by atoms with Crippen LogP contribution in [-0.4, -0.2) is 25.2 Å². The minimum atomic E-state index is -3.76. The Balaban J connectivity index is 1.44. The number of nitrogens with one attached hydrogen (secondary N) is 3. The number of carbonyl (C=O) groups excluding carboxylic acids is 2. The summed E-state index contributed by atoms with van der Waals surface area (Å²) in [6.07, 6.45) is 3.44. The van der Waals surface area contributed by atoms with E-state index in [9.17, 15) is 18.0 Å². The number of aromatic amines is 1. The maximum Gasteiger partial charge on any atom is 0.260 e. The van der Waals surface area contributed by atoms with Crippen molar-refractivity contribution in [2.24, 2.45) is 5.14 Å². The van der Waals surface area contributed by atoms with Crippen molar-refractivity contribution in [2.75, 3.05) is 0 Å². The first-order valence-electron chi connectivity index (χ1n) is 10.4. The number of aromatic nitrogens is 1. The standard InChI is InChI=1S/C25H20N4O4S/c26-34(32,33)19-5-1-15(2-6-19)13-27-14-22-21-12-17(3-7-20(21)24(30)29-25(22)31)16-4-8-23-18(11-16)9-10-28-23/h1-12,14,27-28H,13H2,(H2,26,32,33)(H,29,30,31)/b22-14-. The summed E-state index contributed by atoms with van der Waals surface area (Å²) in [4.78, 5) is 28.2. The van der Waals surface area contributed by atoms with Gasteiger partial charge in [-0.05, 0) is 64.5 Å². The van der Waals surface area contributed by atoms with E-state index in [0.717, 1.165) is 27.6 Å². The van der Waals surface area contributed by atoms with E-state index in [1.165, 1.54) is 12.1 Å². The third-order valence-electron chi connectivity index (χ3n) is 5.72. The molecule has 8 nitrogen and oxygen atoms in total. The predicted molar refractivity (Wildman–Crippen MR) is 129 cm³/mol. The molecule has 0 atom stereocenters. The molecule has 0 bridgehead atoms. The molecule has 2 amide bonds. The molecule has 0 unspecified atom stereocenters. The van der Waals surface area contributed by atoms with Gasteiger partial charge in [0.05, 0.1) is 10.5 Å². The van der Waals surface area contributed by atoms with Crippen LogP contribution in [0.1, 0.15) is 21.5 Å². The summed E-state index contributed by atoms with van der Waals surface area (Å²) in [6, 6.07) is 19.5. The van der Waals surface area contributed by atoms with Gasteiger partial charge in [0.15, 0.2) is 0 Å². The van der Waals surface area contributed by atoms with Gasteiger partial charge in [-0.3, -0.25) is 14.9 Å². The van der Waals surface area contributed by atoms with Crippen LogP contribution in [0.15, 0.2) is 84.0 Å². The molecule has 1 aliphatic heterocycles. The zero-order valence-corrected chi connectivity index (χ0v) is 18.6. The minimum Gasteiger partial charge on any atom is -0.386 e. The maximum atomic E-state index is 12.6. The van der Waals surface area contributed by atoms with Crippen molar-refractivity contribution >= 4 is 38.3 Å².